The van der Waals surface area contributed by atoms with Crippen molar-refractivity contribution < 1.29 is 22.7 Å². The number of nitrogens with zero attached hydrogens (tertiary/aromatic N) is 4. The van der Waals surface area contributed by atoms with Crippen LogP contribution >= 0.6 is 24.0 Å². The summed E-state index contributed by atoms with van der Waals surface area (Å²) in [5.74, 6) is 1.06. The smallest absolute Gasteiger partial charge is 0.266 e. The predicted octanol–water partition coefficient (Wildman–Crippen LogP) is 5.25. The minimum absolute atomic E-state index is 0.150. The summed E-state index contributed by atoms with van der Waals surface area (Å²) in [6, 6.07) is 21.9. The van der Waals surface area contributed by atoms with Gasteiger partial charge in [-0.25, -0.2) is 17.4 Å². The summed E-state index contributed by atoms with van der Waals surface area (Å²) in [7, 11) is 2.49. The monoisotopic (exact) mass is 634 g/mol. The Kier molecular flexibility index (Phi) is 9.02. The maximum atomic E-state index is 13.5. The summed E-state index contributed by atoms with van der Waals surface area (Å²) in [6.45, 7) is 0.401. The lowest BCUT2D eigenvalue weighted by atomic mass is 10.1. The quantitative estimate of drug-likeness (QED) is 0.173. The molecule has 0 saturated carbocycles. The van der Waals surface area contributed by atoms with Gasteiger partial charge < -0.3 is 9.47 Å². The van der Waals surface area contributed by atoms with Crippen molar-refractivity contribution in [3.8, 4) is 28.4 Å². The number of thiocarbonyl (C=S) groups is 1. The van der Waals surface area contributed by atoms with E-state index in [0.717, 1.165) is 11.3 Å². The van der Waals surface area contributed by atoms with Crippen molar-refractivity contribution in [2.24, 2.45) is 0 Å². The first-order valence-corrected chi connectivity index (χ1v) is 15.9. The third kappa shape index (κ3) is 6.37. The van der Waals surface area contributed by atoms with Gasteiger partial charge in [0.2, 0.25) is 10.0 Å². The number of hydrogen-bond acceptors (Lipinski definition) is 8. The highest BCUT2D eigenvalue weighted by atomic mass is 32.2. The maximum absolute atomic E-state index is 13.5. The fourth-order valence-corrected chi connectivity index (χ4v) is 6.80. The molecule has 1 aromatic heterocycles. The number of carbonyl (C=O) groups is 1. The Hall–Kier alpha value is -3.97. The second-order valence-electron chi connectivity index (χ2n) is 9.80. The molecule has 5 rings (SSSR count). The standard InChI is InChI=1S/C31H30N4O5S3/c1-33(2)43(37,38)25-12-8-9-22(18-25)29-23(20-35(32-29)24-10-6-5-7-11-24)19-28-30(36)34(31(41)42-28)16-15-21-13-14-26(39-3)27(17-21)40-4/h5-14,17-20H,15-16H2,1-4H3. The molecule has 0 spiro atoms. The van der Waals surface area contributed by atoms with E-state index >= 15 is 0 Å². The molecule has 0 aliphatic carbocycles. The third-order valence-corrected chi connectivity index (χ3v) is 10.1. The number of hydrogen-bond donors (Lipinski definition) is 0. The SMILES string of the molecule is COc1ccc(CCN2C(=O)C(=Cc3cn(-c4ccccc4)nc3-c3cccc(S(=O)(=O)N(C)C)c3)SC2=S)cc1OC. The second-order valence-corrected chi connectivity index (χ2v) is 13.6. The lowest BCUT2D eigenvalue weighted by Crippen LogP contribution is -2.30. The third-order valence-electron chi connectivity index (χ3n) is 6.88. The summed E-state index contributed by atoms with van der Waals surface area (Å²) in [6.07, 6.45) is 4.17. The zero-order valence-electron chi connectivity index (χ0n) is 24.1. The van der Waals surface area contributed by atoms with Gasteiger partial charge in [0.1, 0.15) is 10.0 Å². The van der Waals surface area contributed by atoms with Gasteiger partial charge >= 0.3 is 0 Å². The average molecular weight is 635 g/mol. The molecule has 12 heteroatoms. The van der Waals surface area contributed by atoms with Gasteiger partial charge in [-0.2, -0.15) is 5.10 Å². The summed E-state index contributed by atoms with van der Waals surface area (Å²) in [5.41, 5.74) is 3.60. The lowest BCUT2D eigenvalue weighted by Gasteiger charge is -2.15. The van der Waals surface area contributed by atoms with Crippen molar-refractivity contribution in [1.29, 1.82) is 0 Å². The normalized spacial score (nSPS) is 14.6. The van der Waals surface area contributed by atoms with Crippen LogP contribution in [0.2, 0.25) is 0 Å². The van der Waals surface area contributed by atoms with E-state index < -0.39 is 10.0 Å². The van der Waals surface area contributed by atoms with Crippen LogP contribution in [0.5, 0.6) is 11.5 Å². The van der Waals surface area contributed by atoms with Crippen molar-refractivity contribution in [2.75, 3.05) is 34.9 Å². The van der Waals surface area contributed by atoms with Crippen LogP contribution in [-0.4, -0.2) is 72.5 Å². The van der Waals surface area contributed by atoms with Gasteiger partial charge in [0.15, 0.2) is 11.5 Å². The molecule has 1 saturated heterocycles. The van der Waals surface area contributed by atoms with Gasteiger partial charge in [0.05, 0.1) is 29.7 Å². The van der Waals surface area contributed by atoms with E-state index in [1.165, 1.54) is 30.2 Å². The summed E-state index contributed by atoms with van der Waals surface area (Å²) in [5, 5.41) is 4.80. The van der Waals surface area contributed by atoms with Crippen LogP contribution in [0.3, 0.4) is 0 Å². The van der Waals surface area contributed by atoms with Gasteiger partial charge in [-0.15, -0.1) is 0 Å². The van der Waals surface area contributed by atoms with Crippen LogP contribution < -0.4 is 9.47 Å². The Bertz CT molecular complexity index is 1820. The first-order chi connectivity index (χ1) is 20.6. The van der Waals surface area contributed by atoms with Crippen molar-refractivity contribution in [3.05, 3.63) is 95.0 Å². The molecular formula is C31H30N4O5S3. The fraction of sp³-hybridized carbons (Fsp3) is 0.194. The molecule has 4 aromatic rings. The minimum Gasteiger partial charge on any atom is -0.493 e. The largest absolute Gasteiger partial charge is 0.493 e. The molecule has 222 valence electrons. The van der Waals surface area contributed by atoms with Crippen LogP contribution in [-0.2, 0) is 21.2 Å². The van der Waals surface area contributed by atoms with Crippen LogP contribution in [0.25, 0.3) is 23.0 Å². The molecule has 0 N–H and O–H groups in total. The highest BCUT2D eigenvalue weighted by molar-refractivity contribution is 8.26. The van der Waals surface area contributed by atoms with Gasteiger partial charge in [-0.1, -0.05) is 60.4 Å². The molecular weight excluding hydrogens is 605 g/mol. The Morgan fingerprint density at radius 3 is 2.42 bits per heavy atom. The van der Waals surface area contributed by atoms with E-state index in [-0.39, 0.29) is 10.8 Å². The molecule has 43 heavy (non-hydrogen) atoms. The summed E-state index contributed by atoms with van der Waals surface area (Å²) < 4.78 is 39.8. The van der Waals surface area contributed by atoms with Gasteiger partial charge in [0, 0.05) is 38.0 Å². The van der Waals surface area contributed by atoms with E-state index in [1.807, 2.05) is 54.7 Å². The Morgan fingerprint density at radius 2 is 1.72 bits per heavy atom. The number of carbonyl (C=O) groups excluding carboxylic acids is 1. The molecule has 1 amide bonds. The van der Waals surface area contributed by atoms with E-state index in [9.17, 15) is 13.2 Å². The van der Waals surface area contributed by atoms with Crippen LogP contribution in [0.15, 0.2) is 88.8 Å². The number of aromatic nitrogens is 2. The molecule has 0 bridgehead atoms. The van der Waals surface area contributed by atoms with Crippen molar-refractivity contribution in [3.63, 3.8) is 0 Å². The molecule has 1 fully saturated rings. The van der Waals surface area contributed by atoms with E-state index in [2.05, 4.69) is 0 Å². The highest BCUT2D eigenvalue weighted by Crippen LogP contribution is 2.36. The van der Waals surface area contributed by atoms with Gasteiger partial charge in [-0.3, -0.25) is 9.69 Å². The Morgan fingerprint density at radius 1 is 0.977 bits per heavy atom. The van der Waals surface area contributed by atoms with E-state index in [4.69, 9.17) is 26.8 Å². The molecule has 3 aromatic carbocycles. The molecule has 2 heterocycles. The fourth-order valence-electron chi connectivity index (χ4n) is 4.56. The summed E-state index contributed by atoms with van der Waals surface area (Å²) >= 11 is 6.83. The van der Waals surface area contributed by atoms with Crippen LogP contribution in [0.1, 0.15) is 11.1 Å². The number of thioether (sulfide) groups is 1. The zero-order chi connectivity index (χ0) is 30.7. The number of para-hydroxylation sites is 1. The number of ether oxygens (including phenoxy) is 2. The minimum atomic E-state index is -3.66. The van der Waals surface area contributed by atoms with E-state index in [0.29, 0.717) is 50.5 Å². The topological polar surface area (TPSA) is 94.0 Å². The van der Waals surface area contributed by atoms with Gasteiger partial charge in [0.25, 0.3) is 5.91 Å². The molecule has 0 unspecified atom stereocenters. The number of methoxy groups -OCH3 is 2. The highest BCUT2D eigenvalue weighted by Gasteiger charge is 2.32. The molecule has 9 nitrogen and oxygen atoms in total. The first kappa shape index (κ1) is 30.5. The predicted molar refractivity (Wildman–Crippen MR) is 173 cm³/mol. The van der Waals surface area contributed by atoms with Crippen molar-refractivity contribution in [2.45, 2.75) is 11.3 Å². The second kappa shape index (κ2) is 12.7. The van der Waals surface area contributed by atoms with Gasteiger partial charge in [-0.05, 0) is 54.5 Å². The maximum Gasteiger partial charge on any atom is 0.266 e. The Balaban J connectivity index is 1.48. The molecule has 1 aliphatic heterocycles. The molecule has 0 atom stereocenters. The van der Waals surface area contributed by atoms with Crippen molar-refractivity contribution in [1.82, 2.24) is 19.0 Å². The number of benzene rings is 3. The van der Waals surface area contributed by atoms with Crippen molar-refractivity contribution >= 4 is 50.3 Å². The molecule has 1 aliphatic rings. The Labute approximate surface area is 260 Å². The zero-order valence-corrected chi connectivity index (χ0v) is 26.5. The number of rotatable bonds is 10. The van der Waals surface area contributed by atoms with E-state index in [1.54, 1.807) is 54.1 Å². The number of amides is 1. The number of sulfonamides is 1. The molecule has 0 radical (unpaired) electrons. The lowest BCUT2D eigenvalue weighted by molar-refractivity contribution is -0.122. The summed E-state index contributed by atoms with van der Waals surface area (Å²) in [4.78, 5) is 15.7. The first-order valence-electron chi connectivity index (χ1n) is 13.3. The van der Waals surface area contributed by atoms with Crippen LogP contribution in [0.4, 0.5) is 0 Å². The average Bonchev–Trinajstić information content (AvgIpc) is 3.56. The van der Waals surface area contributed by atoms with Crippen LogP contribution in [0, 0.1) is 0 Å².